The standard InChI is InChI=1S/C25H36N4O9.C20H26N4O8.4CH4/c1-17(26-20(30)8-10-28-22(32)4-5-23(28)33)14-36-12-13-37-16-19(3)38-15-18(2)27-21(31)9-11-29-24(34)6-7-25(29)35;25-15(5-9-23-17(27)1-2-18(23)28)21-7-11-31-13-14-32-12-8-22-16(26)6-10-24-19(29)3-4-20(24)30;;;;/h4-7,17-19H,8-16H2,1-3H3,(H,26,30)(H,27,31);1-4H,5-14H2,(H,21,25)(H,22,26);4*1H4. The molecule has 0 aromatic carbocycles. The van der Waals surface area contributed by atoms with E-state index < -0.39 is 47.3 Å². The Morgan fingerprint density at radius 3 is 0.986 bits per heavy atom. The smallest absolute Gasteiger partial charge is 0.253 e. The fourth-order valence-corrected chi connectivity index (χ4v) is 6.24. The lowest BCUT2D eigenvalue weighted by atomic mass is 10.3. The Hall–Kier alpha value is -6.80. The first-order valence-electron chi connectivity index (χ1n) is 22.6. The third kappa shape index (κ3) is 26.8. The first-order chi connectivity index (χ1) is 33.4. The van der Waals surface area contributed by atoms with Gasteiger partial charge < -0.3 is 45.0 Å². The highest BCUT2D eigenvalue weighted by Crippen LogP contribution is 2.07. The summed E-state index contributed by atoms with van der Waals surface area (Å²) in [6.07, 6.45) is 9.27. The Labute approximate surface area is 433 Å². The maximum absolute atomic E-state index is 12.0. The summed E-state index contributed by atoms with van der Waals surface area (Å²) in [5, 5.41) is 10.8. The van der Waals surface area contributed by atoms with Gasteiger partial charge in [0.25, 0.3) is 47.3 Å². The Morgan fingerprint density at radius 2 is 0.662 bits per heavy atom. The van der Waals surface area contributed by atoms with Crippen LogP contribution < -0.4 is 21.3 Å². The normalized spacial score (nSPS) is 15.5. The van der Waals surface area contributed by atoms with E-state index in [4.69, 9.17) is 23.7 Å². The van der Waals surface area contributed by atoms with E-state index in [0.717, 1.165) is 19.6 Å². The number of rotatable bonds is 33. The van der Waals surface area contributed by atoms with Crippen molar-refractivity contribution in [3.05, 3.63) is 48.6 Å². The molecule has 4 rings (SSSR count). The van der Waals surface area contributed by atoms with Gasteiger partial charge in [0.05, 0.1) is 65.6 Å². The number of imide groups is 4. The Kier molecular flexibility index (Phi) is 35.5. The molecule has 0 fully saturated rings. The summed E-state index contributed by atoms with van der Waals surface area (Å²) in [5.74, 6) is -4.48. The first-order valence-corrected chi connectivity index (χ1v) is 22.6. The number of carbonyl (C=O) groups is 12. The number of amides is 12. The minimum absolute atomic E-state index is 0. The highest BCUT2D eigenvalue weighted by atomic mass is 16.5. The predicted octanol–water partition coefficient (Wildman–Crippen LogP) is -0.509. The molecule has 4 aliphatic heterocycles. The van der Waals surface area contributed by atoms with Crippen LogP contribution in [0.1, 0.15) is 76.2 Å². The van der Waals surface area contributed by atoms with Crippen LogP contribution >= 0.6 is 0 Å². The van der Waals surface area contributed by atoms with Crippen molar-refractivity contribution >= 4 is 70.9 Å². The molecule has 3 atom stereocenters. The average Bonchev–Trinajstić information content (AvgIpc) is 4.04. The van der Waals surface area contributed by atoms with Crippen LogP contribution in [0.3, 0.4) is 0 Å². The second-order valence-electron chi connectivity index (χ2n) is 15.8. The quantitative estimate of drug-likeness (QED) is 0.0475. The lowest BCUT2D eigenvalue weighted by molar-refractivity contribution is -0.139. The van der Waals surface area contributed by atoms with Crippen LogP contribution in [0.15, 0.2) is 48.6 Å². The summed E-state index contributed by atoms with van der Waals surface area (Å²) >= 11 is 0. The lowest BCUT2D eigenvalue weighted by Crippen LogP contribution is -2.40. The fraction of sp³-hybridized carbons (Fsp3) is 0.592. The molecule has 0 saturated heterocycles. The summed E-state index contributed by atoms with van der Waals surface area (Å²) in [4.78, 5) is 143. The van der Waals surface area contributed by atoms with Crippen LogP contribution in [0.4, 0.5) is 0 Å². The van der Waals surface area contributed by atoms with Crippen molar-refractivity contribution in [2.24, 2.45) is 0 Å². The summed E-state index contributed by atoms with van der Waals surface area (Å²) in [6.45, 7) is 8.78. The minimum atomic E-state index is -0.418. The van der Waals surface area contributed by atoms with E-state index in [1.807, 2.05) is 6.92 Å². The summed E-state index contributed by atoms with van der Waals surface area (Å²) < 4.78 is 27.3. The number of hydrogen-bond donors (Lipinski definition) is 4. The van der Waals surface area contributed by atoms with E-state index in [9.17, 15) is 57.5 Å². The van der Waals surface area contributed by atoms with Crippen molar-refractivity contribution in [1.82, 2.24) is 40.9 Å². The van der Waals surface area contributed by atoms with Gasteiger partial charge in [-0.3, -0.25) is 77.1 Å². The van der Waals surface area contributed by atoms with Crippen molar-refractivity contribution in [3.8, 4) is 0 Å². The van der Waals surface area contributed by atoms with Crippen molar-refractivity contribution in [1.29, 1.82) is 0 Å². The maximum atomic E-state index is 12.0. The molecule has 0 saturated carbocycles. The molecular weight excluding hydrogens is 973 g/mol. The molecule has 4 heterocycles. The van der Waals surface area contributed by atoms with Gasteiger partial charge in [-0.05, 0) is 20.8 Å². The van der Waals surface area contributed by atoms with Crippen LogP contribution in [0, 0.1) is 0 Å². The number of ether oxygens (including phenoxy) is 5. The molecule has 74 heavy (non-hydrogen) atoms. The molecule has 25 heteroatoms. The van der Waals surface area contributed by atoms with Crippen LogP contribution in [0.2, 0.25) is 0 Å². The molecule has 4 aliphatic rings. The third-order valence-electron chi connectivity index (χ3n) is 9.90. The topological polar surface area (TPSA) is 312 Å². The zero-order valence-corrected chi connectivity index (χ0v) is 39.5. The van der Waals surface area contributed by atoms with Crippen LogP contribution in [0.25, 0.3) is 0 Å². The molecule has 0 radical (unpaired) electrons. The SMILES string of the molecule is C.C.C.C.CC(COCCOCC(C)OCC(C)NC(=O)CCN1C(=O)C=CC1=O)NC(=O)CCN1C(=O)C=CC1=O.O=C(CCN1C(=O)C=CC1=O)NCCOCCOCCNC(=O)CCN1C(=O)C=CC1=O. The van der Waals surface area contributed by atoms with E-state index in [1.165, 1.54) is 48.6 Å². The summed E-state index contributed by atoms with van der Waals surface area (Å²) in [7, 11) is 0. The van der Waals surface area contributed by atoms with Crippen LogP contribution in [-0.4, -0.2) is 207 Å². The van der Waals surface area contributed by atoms with Gasteiger partial charge in [0.2, 0.25) is 23.6 Å². The van der Waals surface area contributed by atoms with Gasteiger partial charge in [-0.1, -0.05) is 29.7 Å². The molecule has 25 nitrogen and oxygen atoms in total. The zero-order chi connectivity index (χ0) is 51.4. The summed E-state index contributed by atoms with van der Waals surface area (Å²) in [5.41, 5.74) is 0. The first kappa shape index (κ1) is 69.3. The van der Waals surface area contributed by atoms with Crippen molar-refractivity contribution < 1.29 is 81.2 Å². The van der Waals surface area contributed by atoms with Crippen molar-refractivity contribution in [2.45, 2.75) is 94.3 Å². The molecule has 0 aromatic heterocycles. The summed E-state index contributed by atoms with van der Waals surface area (Å²) in [6, 6.07) is -0.515. The number of nitrogens with one attached hydrogen (secondary N) is 4. The molecule has 12 amide bonds. The predicted molar refractivity (Wildman–Crippen MR) is 269 cm³/mol. The molecule has 0 aliphatic carbocycles. The highest BCUT2D eigenvalue weighted by molar-refractivity contribution is 6.14. The van der Waals surface area contributed by atoms with Gasteiger partial charge in [-0.2, -0.15) is 0 Å². The van der Waals surface area contributed by atoms with Crippen molar-refractivity contribution in [2.75, 3.05) is 98.7 Å². The monoisotopic (exact) mass is 1050 g/mol. The minimum Gasteiger partial charge on any atom is -0.377 e. The Balaban J connectivity index is 0. The van der Waals surface area contributed by atoms with E-state index in [1.54, 1.807) is 13.8 Å². The second kappa shape index (κ2) is 37.9. The van der Waals surface area contributed by atoms with E-state index in [-0.39, 0.29) is 163 Å². The van der Waals surface area contributed by atoms with Crippen LogP contribution in [0.5, 0.6) is 0 Å². The van der Waals surface area contributed by atoms with Gasteiger partial charge in [-0.15, -0.1) is 0 Å². The molecule has 4 N–H and O–H groups in total. The number of hydrogen-bond acceptors (Lipinski definition) is 17. The lowest BCUT2D eigenvalue weighted by Gasteiger charge is -2.19. The second-order valence-corrected chi connectivity index (χ2v) is 15.8. The molecule has 0 spiro atoms. The van der Waals surface area contributed by atoms with E-state index >= 15 is 0 Å². The van der Waals surface area contributed by atoms with Gasteiger partial charge in [0, 0.05) is 126 Å². The average molecular weight is 1050 g/mol. The molecule has 0 bridgehead atoms. The van der Waals surface area contributed by atoms with Gasteiger partial charge >= 0.3 is 0 Å². The molecule has 3 unspecified atom stereocenters. The fourth-order valence-electron chi connectivity index (χ4n) is 6.24. The van der Waals surface area contributed by atoms with Crippen molar-refractivity contribution in [3.63, 3.8) is 0 Å². The molecule has 0 aromatic rings. The molecule has 416 valence electrons. The molecular formula is C49H78N8O17. The maximum Gasteiger partial charge on any atom is 0.253 e. The zero-order valence-electron chi connectivity index (χ0n) is 39.5. The van der Waals surface area contributed by atoms with E-state index in [0.29, 0.717) is 33.0 Å². The number of nitrogens with zero attached hydrogens (tertiary/aromatic N) is 4. The number of carbonyl (C=O) groups excluding carboxylic acids is 12. The highest BCUT2D eigenvalue weighted by Gasteiger charge is 2.27. The largest absolute Gasteiger partial charge is 0.377 e. The van der Waals surface area contributed by atoms with E-state index in [2.05, 4.69) is 21.3 Å². The third-order valence-corrected chi connectivity index (χ3v) is 9.90. The van der Waals surface area contributed by atoms with Gasteiger partial charge in [0.15, 0.2) is 0 Å². The Bertz CT molecular complexity index is 1900. The van der Waals surface area contributed by atoms with Crippen LogP contribution in [-0.2, 0) is 81.2 Å². The Morgan fingerprint density at radius 1 is 0.392 bits per heavy atom. The van der Waals surface area contributed by atoms with Gasteiger partial charge in [-0.25, -0.2) is 0 Å². The van der Waals surface area contributed by atoms with Gasteiger partial charge in [0.1, 0.15) is 0 Å².